The summed E-state index contributed by atoms with van der Waals surface area (Å²) in [5.74, 6) is 0.291. The van der Waals surface area contributed by atoms with Gasteiger partial charge in [0.1, 0.15) is 11.6 Å². The first-order chi connectivity index (χ1) is 15.1. The predicted molar refractivity (Wildman–Crippen MR) is 114 cm³/mol. The van der Waals surface area contributed by atoms with Gasteiger partial charge in [-0.05, 0) is 43.2 Å². The largest absolute Gasteiger partial charge is 0.378 e. The summed E-state index contributed by atoms with van der Waals surface area (Å²) in [4.78, 5) is 33.7. The molecule has 0 atom stereocenters. The summed E-state index contributed by atoms with van der Waals surface area (Å²) in [6.45, 7) is 4.39. The zero-order chi connectivity index (χ0) is 21.6. The van der Waals surface area contributed by atoms with E-state index in [1.165, 1.54) is 24.3 Å². The number of piperidine rings is 1. The number of likely N-dealkylation sites (tertiary alicyclic amines) is 1. The smallest absolute Gasteiger partial charge is 0.253 e. The van der Waals surface area contributed by atoms with Crippen LogP contribution in [-0.2, 0) is 16.1 Å². The molecule has 1 N–H and O–H groups in total. The van der Waals surface area contributed by atoms with Crippen LogP contribution < -0.4 is 10.2 Å². The Morgan fingerprint density at radius 3 is 2.48 bits per heavy atom. The Hall–Kier alpha value is -3.00. The maximum Gasteiger partial charge on any atom is 0.253 e. The lowest BCUT2D eigenvalue weighted by molar-refractivity contribution is -0.126. The van der Waals surface area contributed by atoms with Crippen molar-refractivity contribution in [3.05, 3.63) is 59.5 Å². The third-order valence-corrected chi connectivity index (χ3v) is 5.88. The Morgan fingerprint density at radius 1 is 1.06 bits per heavy atom. The molecule has 2 saturated heterocycles. The van der Waals surface area contributed by atoms with Crippen LogP contribution in [0.25, 0.3) is 0 Å². The van der Waals surface area contributed by atoms with Crippen molar-refractivity contribution in [1.82, 2.24) is 15.2 Å². The third kappa shape index (κ3) is 5.19. The van der Waals surface area contributed by atoms with Gasteiger partial charge in [0, 0.05) is 56.0 Å². The van der Waals surface area contributed by atoms with E-state index in [1.807, 2.05) is 12.1 Å². The first-order valence-electron chi connectivity index (χ1n) is 10.7. The molecule has 164 valence electrons. The summed E-state index contributed by atoms with van der Waals surface area (Å²) in [6, 6.07) is 9.44. The van der Waals surface area contributed by atoms with Gasteiger partial charge in [-0.1, -0.05) is 6.07 Å². The molecule has 0 unspecified atom stereocenters. The lowest BCUT2D eigenvalue weighted by atomic mass is 9.95. The first kappa shape index (κ1) is 21.2. The molecule has 7 nitrogen and oxygen atoms in total. The van der Waals surface area contributed by atoms with Gasteiger partial charge >= 0.3 is 0 Å². The van der Waals surface area contributed by atoms with Crippen molar-refractivity contribution in [2.45, 2.75) is 19.4 Å². The van der Waals surface area contributed by atoms with Crippen molar-refractivity contribution < 1.29 is 18.7 Å². The number of aromatic nitrogens is 1. The van der Waals surface area contributed by atoms with Gasteiger partial charge in [0.25, 0.3) is 5.91 Å². The lowest BCUT2D eigenvalue weighted by Gasteiger charge is -2.32. The number of morpholine rings is 1. The molecule has 0 bridgehead atoms. The number of amides is 2. The molecule has 8 heteroatoms. The van der Waals surface area contributed by atoms with Gasteiger partial charge < -0.3 is 19.9 Å². The summed E-state index contributed by atoms with van der Waals surface area (Å²) in [7, 11) is 0. The van der Waals surface area contributed by atoms with Crippen molar-refractivity contribution in [2.75, 3.05) is 44.3 Å². The molecule has 2 aliphatic rings. The maximum atomic E-state index is 13.1. The number of nitrogens with one attached hydrogen (secondary N) is 1. The molecule has 3 heterocycles. The third-order valence-electron chi connectivity index (χ3n) is 5.88. The fraction of sp³-hybridized carbons (Fsp3) is 0.435. The molecule has 4 rings (SSSR count). The van der Waals surface area contributed by atoms with Gasteiger partial charge in [0.2, 0.25) is 5.91 Å². The van der Waals surface area contributed by atoms with Gasteiger partial charge in [0.15, 0.2) is 0 Å². The summed E-state index contributed by atoms with van der Waals surface area (Å²) >= 11 is 0. The second-order valence-electron chi connectivity index (χ2n) is 7.88. The second-order valence-corrected chi connectivity index (χ2v) is 7.88. The molecule has 1 aromatic carbocycles. The Labute approximate surface area is 181 Å². The molecule has 0 radical (unpaired) electrons. The topological polar surface area (TPSA) is 74.8 Å². The van der Waals surface area contributed by atoms with Crippen LogP contribution in [0.5, 0.6) is 0 Å². The van der Waals surface area contributed by atoms with Crippen LogP contribution in [0.1, 0.15) is 28.8 Å². The quantitative estimate of drug-likeness (QED) is 0.794. The molecule has 0 spiro atoms. The standard InChI is InChI=1S/C23H27FN4O3/c24-20-5-3-18(4-6-20)23(30)28-10-7-17(8-11-28)22(29)26-16-19-2-1-9-25-21(19)27-12-14-31-15-13-27/h1-6,9,17H,7-8,10-16H2,(H,26,29). The normalized spacial score (nSPS) is 17.5. The minimum atomic E-state index is -0.364. The van der Waals surface area contributed by atoms with Crippen LogP contribution >= 0.6 is 0 Å². The zero-order valence-electron chi connectivity index (χ0n) is 17.4. The molecule has 2 fully saturated rings. The minimum absolute atomic E-state index is 0.00524. The highest BCUT2D eigenvalue weighted by Gasteiger charge is 2.28. The first-order valence-corrected chi connectivity index (χ1v) is 10.7. The highest BCUT2D eigenvalue weighted by Crippen LogP contribution is 2.21. The van der Waals surface area contributed by atoms with E-state index in [1.54, 1.807) is 11.1 Å². The van der Waals surface area contributed by atoms with E-state index in [-0.39, 0.29) is 23.5 Å². The lowest BCUT2D eigenvalue weighted by Crippen LogP contribution is -2.43. The van der Waals surface area contributed by atoms with Crippen molar-refractivity contribution in [3.8, 4) is 0 Å². The van der Waals surface area contributed by atoms with Crippen LogP contribution in [0.4, 0.5) is 10.2 Å². The van der Waals surface area contributed by atoms with E-state index < -0.39 is 0 Å². The fourth-order valence-electron chi connectivity index (χ4n) is 4.07. The van der Waals surface area contributed by atoms with E-state index in [0.29, 0.717) is 51.3 Å². The van der Waals surface area contributed by atoms with Gasteiger partial charge in [0.05, 0.1) is 13.2 Å². The summed E-state index contributed by atoms with van der Waals surface area (Å²) < 4.78 is 18.5. The summed E-state index contributed by atoms with van der Waals surface area (Å²) in [5.41, 5.74) is 1.46. The number of anilines is 1. The number of carbonyl (C=O) groups excluding carboxylic acids is 2. The number of nitrogens with zero attached hydrogens (tertiary/aromatic N) is 3. The highest BCUT2D eigenvalue weighted by atomic mass is 19.1. The van der Waals surface area contributed by atoms with Gasteiger partial charge in [-0.25, -0.2) is 9.37 Å². The number of benzene rings is 1. The fourth-order valence-corrected chi connectivity index (χ4v) is 4.07. The van der Waals surface area contributed by atoms with Crippen molar-refractivity contribution in [2.24, 2.45) is 5.92 Å². The van der Waals surface area contributed by atoms with Gasteiger partial charge in [-0.3, -0.25) is 9.59 Å². The molecule has 0 aliphatic carbocycles. The van der Waals surface area contributed by atoms with E-state index >= 15 is 0 Å². The van der Waals surface area contributed by atoms with Crippen molar-refractivity contribution in [3.63, 3.8) is 0 Å². The highest BCUT2D eigenvalue weighted by molar-refractivity contribution is 5.94. The number of halogens is 1. The van der Waals surface area contributed by atoms with E-state index in [4.69, 9.17) is 4.74 Å². The average Bonchev–Trinajstić information content (AvgIpc) is 2.83. The number of rotatable bonds is 5. The number of ether oxygens (including phenoxy) is 1. The van der Waals surface area contributed by atoms with Crippen molar-refractivity contribution in [1.29, 1.82) is 0 Å². The molecule has 2 aliphatic heterocycles. The van der Waals surface area contributed by atoms with Crippen LogP contribution in [0.3, 0.4) is 0 Å². The SMILES string of the molecule is O=C(NCc1cccnc1N1CCOCC1)C1CCN(C(=O)c2ccc(F)cc2)CC1. The molecule has 0 saturated carbocycles. The molecule has 1 aromatic heterocycles. The second kappa shape index (κ2) is 9.87. The van der Waals surface area contributed by atoms with Crippen LogP contribution in [0, 0.1) is 11.7 Å². The molecule has 31 heavy (non-hydrogen) atoms. The maximum absolute atomic E-state index is 13.1. The van der Waals surface area contributed by atoms with Crippen LogP contribution in [0.2, 0.25) is 0 Å². The monoisotopic (exact) mass is 426 g/mol. The molecular formula is C23H27FN4O3. The number of carbonyl (C=O) groups is 2. The Balaban J connectivity index is 1.29. The molecular weight excluding hydrogens is 399 g/mol. The van der Waals surface area contributed by atoms with Gasteiger partial charge in [-0.15, -0.1) is 0 Å². The molecule has 2 amide bonds. The van der Waals surface area contributed by atoms with Crippen molar-refractivity contribution >= 4 is 17.6 Å². The predicted octanol–water partition coefficient (Wildman–Crippen LogP) is 2.23. The number of pyridine rings is 1. The minimum Gasteiger partial charge on any atom is -0.378 e. The molecule has 2 aromatic rings. The van der Waals surface area contributed by atoms with Gasteiger partial charge in [-0.2, -0.15) is 0 Å². The number of hydrogen-bond donors (Lipinski definition) is 1. The van der Waals surface area contributed by atoms with Crippen LogP contribution in [0.15, 0.2) is 42.6 Å². The Morgan fingerprint density at radius 2 is 1.77 bits per heavy atom. The Bertz CT molecular complexity index is 907. The summed E-state index contributed by atoms with van der Waals surface area (Å²) in [5, 5.41) is 3.05. The summed E-state index contributed by atoms with van der Waals surface area (Å²) in [6.07, 6.45) is 2.99. The van der Waals surface area contributed by atoms with E-state index in [2.05, 4.69) is 15.2 Å². The van der Waals surface area contributed by atoms with E-state index in [0.717, 1.165) is 24.5 Å². The van der Waals surface area contributed by atoms with Crippen LogP contribution in [-0.4, -0.2) is 61.1 Å². The average molecular weight is 426 g/mol. The number of hydrogen-bond acceptors (Lipinski definition) is 5. The van der Waals surface area contributed by atoms with E-state index in [9.17, 15) is 14.0 Å². The Kier molecular flexibility index (Phi) is 6.76. The zero-order valence-corrected chi connectivity index (χ0v) is 17.4.